The Hall–Kier alpha value is -2.05. The summed E-state index contributed by atoms with van der Waals surface area (Å²) in [6, 6.07) is 11.9. The van der Waals surface area contributed by atoms with Crippen molar-refractivity contribution in [3.8, 4) is 5.75 Å². The summed E-state index contributed by atoms with van der Waals surface area (Å²) in [7, 11) is 5.85. The molecule has 0 bridgehead atoms. The van der Waals surface area contributed by atoms with Gasteiger partial charge in [-0.15, -0.1) is 11.3 Å². The zero-order valence-electron chi connectivity index (χ0n) is 15.4. The van der Waals surface area contributed by atoms with Gasteiger partial charge in [0.05, 0.1) is 6.04 Å². The van der Waals surface area contributed by atoms with Gasteiger partial charge >= 0.3 is 6.03 Å². The Morgan fingerprint density at radius 2 is 2.04 bits per heavy atom. The molecule has 25 heavy (non-hydrogen) atoms. The molecule has 2 rings (SSSR count). The van der Waals surface area contributed by atoms with Crippen molar-refractivity contribution >= 4 is 17.4 Å². The van der Waals surface area contributed by atoms with Crippen molar-refractivity contribution in [1.82, 2.24) is 15.1 Å². The van der Waals surface area contributed by atoms with Crippen molar-refractivity contribution in [2.24, 2.45) is 0 Å². The average Bonchev–Trinajstić information content (AvgIpc) is 3.13. The highest BCUT2D eigenvalue weighted by Crippen LogP contribution is 2.23. The Morgan fingerprint density at radius 1 is 1.24 bits per heavy atom. The Labute approximate surface area is 154 Å². The van der Waals surface area contributed by atoms with Gasteiger partial charge in [0.1, 0.15) is 12.4 Å². The molecule has 1 aromatic carbocycles. The summed E-state index contributed by atoms with van der Waals surface area (Å²) in [6.45, 7) is 4.02. The molecule has 1 heterocycles. The average molecular weight is 362 g/mol. The molecule has 2 aromatic rings. The van der Waals surface area contributed by atoms with Gasteiger partial charge in [-0.25, -0.2) is 4.79 Å². The molecular weight excluding hydrogens is 334 g/mol. The van der Waals surface area contributed by atoms with Gasteiger partial charge in [0.15, 0.2) is 0 Å². The molecule has 0 saturated heterocycles. The number of ether oxygens (including phenoxy) is 1. The van der Waals surface area contributed by atoms with Crippen molar-refractivity contribution in [3.05, 3.63) is 52.2 Å². The zero-order valence-corrected chi connectivity index (χ0v) is 16.2. The van der Waals surface area contributed by atoms with Crippen LogP contribution in [0.25, 0.3) is 0 Å². The first-order chi connectivity index (χ1) is 12.0. The molecule has 0 aliphatic rings. The maximum absolute atomic E-state index is 12.4. The predicted octanol–water partition coefficient (Wildman–Crippen LogP) is 3.59. The Kier molecular flexibility index (Phi) is 7.28. The van der Waals surface area contributed by atoms with Gasteiger partial charge in [-0.1, -0.05) is 18.2 Å². The number of hydrogen-bond acceptors (Lipinski definition) is 4. The number of amides is 2. The maximum Gasteiger partial charge on any atom is 0.317 e. The van der Waals surface area contributed by atoms with Crippen molar-refractivity contribution in [1.29, 1.82) is 0 Å². The van der Waals surface area contributed by atoms with Gasteiger partial charge < -0.3 is 19.9 Å². The molecule has 0 aliphatic heterocycles. The minimum Gasteiger partial charge on any atom is -0.492 e. The van der Waals surface area contributed by atoms with Gasteiger partial charge in [-0.3, -0.25) is 0 Å². The molecule has 5 nitrogen and oxygen atoms in total. The highest BCUT2D eigenvalue weighted by molar-refractivity contribution is 7.10. The molecule has 0 fully saturated rings. The number of thiophene rings is 1. The molecule has 6 heteroatoms. The van der Waals surface area contributed by atoms with Gasteiger partial charge in [0.25, 0.3) is 0 Å². The second-order valence-electron chi connectivity index (χ2n) is 6.26. The van der Waals surface area contributed by atoms with Crippen LogP contribution in [0.15, 0.2) is 41.8 Å². The van der Waals surface area contributed by atoms with Crippen LogP contribution >= 0.6 is 11.3 Å². The third-order valence-electron chi connectivity index (χ3n) is 4.01. The number of urea groups is 1. The van der Waals surface area contributed by atoms with E-state index in [2.05, 4.69) is 10.2 Å². The fraction of sp³-hybridized carbons (Fsp3) is 0.421. The molecule has 0 spiro atoms. The van der Waals surface area contributed by atoms with Crippen molar-refractivity contribution in [3.63, 3.8) is 0 Å². The molecule has 1 atom stereocenters. The summed E-state index contributed by atoms with van der Waals surface area (Å²) in [5.41, 5.74) is 1.02. The lowest BCUT2D eigenvalue weighted by atomic mass is 10.2. The first-order valence-corrected chi connectivity index (χ1v) is 9.26. The third kappa shape index (κ3) is 6.07. The normalized spacial score (nSPS) is 12.0. The first kappa shape index (κ1) is 19.3. The van der Waals surface area contributed by atoms with Crippen molar-refractivity contribution < 1.29 is 9.53 Å². The SMILES string of the molecule is CC(c1cccs1)N(C)C(=O)NCc1cccc(OCCN(C)C)c1. The number of likely N-dealkylation sites (N-methyl/N-ethyl adjacent to an activating group) is 1. The molecule has 2 amide bonds. The number of carbonyl (C=O) groups is 1. The highest BCUT2D eigenvalue weighted by Gasteiger charge is 2.17. The smallest absolute Gasteiger partial charge is 0.317 e. The van der Waals surface area contributed by atoms with Crippen molar-refractivity contribution in [2.75, 3.05) is 34.3 Å². The number of carbonyl (C=O) groups excluding carboxylic acids is 1. The van der Waals surface area contributed by atoms with Crippen LogP contribution in [0.4, 0.5) is 4.79 Å². The number of hydrogen-bond donors (Lipinski definition) is 1. The van der Waals surface area contributed by atoms with E-state index in [9.17, 15) is 4.79 Å². The zero-order chi connectivity index (χ0) is 18.2. The van der Waals surface area contributed by atoms with Gasteiger partial charge in [0.2, 0.25) is 0 Å². The second kappa shape index (κ2) is 9.44. The van der Waals surface area contributed by atoms with Crippen LogP contribution in [0.3, 0.4) is 0 Å². The Bertz CT molecular complexity index is 658. The molecule has 0 saturated carbocycles. The second-order valence-corrected chi connectivity index (χ2v) is 7.24. The van der Waals surface area contributed by atoms with E-state index in [4.69, 9.17) is 4.74 Å². The van der Waals surface area contributed by atoms with Crippen molar-refractivity contribution in [2.45, 2.75) is 19.5 Å². The van der Waals surface area contributed by atoms with Crippen LogP contribution in [-0.4, -0.2) is 50.1 Å². The number of nitrogens with one attached hydrogen (secondary N) is 1. The van der Waals surface area contributed by atoms with Gasteiger partial charge in [-0.05, 0) is 50.2 Å². The topological polar surface area (TPSA) is 44.8 Å². The number of rotatable bonds is 8. The summed E-state index contributed by atoms with van der Waals surface area (Å²) in [4.78, 5) is 17.3. The lowest BCUT2D eigenvalue weighted by molar-refractivity contribution is 0.194. The molecule has 0 radical (unpaired) electrons. The lowest BCUT2D eigenvalue weighted by Gasteiger charge is -2.24. The standard InChI is InChI=1S/C19H27N3O2S/c1-15(18-9-6-12-25-18)22(4)19(23)20-14-16-7-5-8-17(13-16)24-11-10-21(2)3/h5-9,12-13,15H,10-11,14H2,1-4H3,(H,20,23). The summed E-state index contributed by atoms with van der Waals surface area (Å²) < 4.78 is 5.74. The number of nitrogens with zero attached hydrogens (tertiary/aromatic N) is 2. The molecule has 1 aromatic heterocycles. The first-order valence-electron chi connectivity index (χ1n) is 8.38. The van der Waals surface area contributed by atoms with Crippen LogP contribution in [0.2, 0.25) is 0 Å². The van der Waals surface area contributed by atoms with Gasteiger partial charge in [0, 0.05) is 25.0 Å². The van der Waals surface area contributed by atoms with Crippen LogP contribution in [0.5, 0.6) is 5.75 Å². The van der Waals surface area contributed by atoms with Crippen LogP contribution in [-0.2, 0) is 6.54 Å². The molecule has 136 valence electrons. The maximum atomic E-state index is 12.4. The quantitative estimate of drug-likeness (QED) is 0.781. The van der Waals surface area contributed by atoms with E-state index in [1.807, 2.05) is 69.8 Å². The monoisotopic (exact) mass is 361 g/mol. The van der Waals surface area contributed by atoms with Crippen LogP contribution in [0, 0.1) is 0 Å². The number of benzene rings is 1. The summed E-state index contributed by atoms with van der Waals surface area (Å²) in [5, 5.41) is 5.00. The highest BCUT2D eigenvalue weighted by atomic mass is 32.1. The van der Waals surface area contributed by atoms with E-state index in [0.29, 0.717) is 13.2 Å². The molecule has 0 aliphatic carbocycles. The Morgan fingerprint density at radius 3 is 2.72 bits per heavy atom. The minimum atomic E-state index is -0.0835. The fourth-order valence-electron chi connectivity index (χ4n) is 2.29. The minimum absolute atomic E-state index is 0.0562. The molecular formula is C19H27N3O2S. The van der Waals surface area contributed by atoms with E-state index >= 15 is 0 Å². The summed E-state index contributed by atoms with van der Waals surface area (Å²) in [5.74, 6) is 0.828. The largest absolute Gasteiger partial charge is 0.492 e. The van der Waals surface area contributed by atoms with E-state index < -0.39 is 0 Å². The summed E-state index contributed by atoms with van der Waals surface area (Å²) in [6.07, 6.45) is 0. The van der Waals surface area contributed by atoms with Crippen LogP contribution in [0.1, 0.15) is 23.4 Å². The predicted molar refractivity (Wildman–Crippen MR) is 103 cm³/mol. The third-order valence-corrected chi connectivity index (χ3v) is 5.05. The van der Waals surface area contributed by atoms with E-state index in [1.54, 1.807) is 16.2 Å². The fourth-order valence-corrected chi connectivity index (χ4v) is 3.12. The van der Waals surface area contributed by atoms with E-state index in [1.165, 1.54) is 4.88 Å². The molecule has 1 unspecified atom stereocenters. The van der Waals surface area contributed by atoms with E-state index in [-0.39, 0.29) is 12.1 Å². The van der Waals surface area contributed by atoms with E-state index in [0.717, 1.165) is 17.9 Å². The summed E-state index contributed by atoms with van der Waals surface area (Å²) >= 11 is 1.66. The molecule has 1 N–H and O–H groups in total. The van der Waals surface area contributed by atoms with Gasteiger partial charge in [-0.2, -0.15) is 0 Å². The lowest BCUT2D eigenvalue weighted by Crippen LogP contribution is -2.38. The Balaban J connectivity index is 1.84. The van der Waals surface area contributed by atoms with Crippen LogP contribution < -0.4 is 10.1 Å².